The van der Waals surface area contributed by atoms with Crippen molar-refractivity contribution in [3.05, 3.63) is 0 Å². The van der Waals surface area contributed by atoms with E-state index in [1.807, 2.05) is 6.92 Å². The molecule has 0 aromatic heterocycles. The first kappa shape index (κ1) is 18.2. The molecule has 0 heterocycles. The monoisotopic (exact) mass is 410 g/mol. The summed E-state index contributed by atoms with van der Waals surface area (Å²) in [7, 11) is 0. The van der Waals surface area contributed by atoms with E-state index in [0.717, 1.165) is 32.1 Å². The number of aliphatic hydroxyl groups is 1. The second-order valence-electron chi connectivity index (χ2n) is 9.89. The van der Waals surface area contributed by atoms with Gasteiger partial charge in [0.15, 0.2) is 0 Å². The molecule has 4 rings (SSSR count). The van der Waals surface area contributed by atoms with Crippen LogP contribution >= 0.6 is 15.9 Å². The van der Waals surface area contributed by atoms with Gasteiger partial charge < -0.3 is 5.11 Å². The number of ketones is 2. The topological polar surface area (TPSA) is 54.4 Å². The Bertz CT molecular complexity index is 586. The molecule has 0 spiro atoms. The van der Waals surface area contributed by atoms with Crippen LogP contribution in [0.1, 0.15) is 65.2 Å². The number of hydrogen-bond donors (Lipinski definition) is 1. The summed E-state index contributed by atoms with van der Waals surface area (Å²) in [6.07, 6.45) is 7.60. The minimum Gasteiger partial charge on any atom is -0.390 e. The zero-order chi connectivity index (χ0) is 18.0. The maximum Gasteiger partial charge on any atom is 0.147 e. The molecular formula is C21H31BrO3. The Labute approximate surface area is 159 Å². The van der Waals surface area contributed by atoms with E-state index in [4.69, 9.17) is 0 Å². The Hall–Kier alpha value is -0.220. The zero-order valence-corrected chi connectivity index (χ0v) is 17.1. The van der Waals surface area contributed by atoms with Crippen LogP contribution in [0.5, 0.6) is 0 Å². The minimum atomic E-state index is -0.659. The molecule has 25 heavy (non-hydrogen) atoms. The van der Waals surface area contributed by atoms with Crippen LogP contribution < -0.4 is 0 Å². The molecule has 4 fully saturated rings. The van der Waals surface area contributed by atoms with Crippen LogP contribution in [0.3, 0.4) is 0 Å². The quantitative estimate of drug-likeness (QED) is 0.695. The average Bonchev–Trinajstić information content (AvgIpc) is 2.91. The molecule has 4 aliphatic carbocycles. The third-order valence-corrected chi connectivity index (χ3v) is 9.16. The third-order valence-electron chi connectivity index (χ3n) is 8.61. The highest BCUT2D eigenvalue weighted by atomic mass is 79.9. The summed E-state index contributed by atoms with van der Waals surface area (Å²) in [6.45, 7) is 4.22. The molecule has 1 N–H and O–H groups in total. The largest absolute Gasteiger partial charge is 0.390 e. The fraction of sp³-hybridized carbons (Fsp3) is 0.905. The van der Waals surface area contributed by atoms with Crippen LogP contribution in [0.15, 0.2) is 0 Å². The van der Waals surface area contributed by atoms with Crippen LogP contribution in [0.4, 0.5) is 0 Å². The van der Waals surface area contributed by atoms with Crippen molar-refractivity contribution in [2.24, 2.45) is 40.9 Å². The second-order valence-corrected chi connectivity index (χ2v) is 10.4. The van der Waals surface area contributed by atoms with Crippen LogP contribution in [-0.4, -0.2) is 27.6 Å². The van der Waals surface area contributed by atoms with E-state index in [9.17, 15) is 14.7 Å². The van der Waals surface area contributed by atoms with E-state index in [0.29, 0.717) is 53.4 Å². The molecule has 0 bridgehead atoms. The summed E-state index contributed by atoms with van der Waals surface area (Å²) in [5.41, 5.74) is -0.563. The fourth-order valence-corrected chi connectivity index (χ4v) is 7.81. The summed E-state index contributed by atoms with van der Waals surface area (Å²) < 4.78 is 0. The van der Waals surface area contributed by atoms with Crippen molar-refractivity contribution >= 4 is 27.5 Å². The molecular weight excluding hydrogens is 380 g/mol. The molecule has 0 radical (unpaired) electrons. The SMILES string of the molecule is C[C@@]1(O)CC[C@@H]2[C@H]3CC[C@]4(C)[C@@H](C(=O)CBr)CC[C@H]4[C@@H]3CC(=O)[C@H]2C1. The highest BCUT2D eigenvalue weighted by Gasteiger charge is 2.60. The normalized spacial score (nSPS) is 52.2. The highest BCUT2D eigenvalue weighted by molar-refractivity contribution is 9.09. The Balaban J connectivity index is 1.59. The summed E-state index contributed by atoms with van der Waals surface area (Å²) in [5.74, 6) is 3.13. The van der Waals surface area contributed by atoms with Gasteiger partial charge in [0.05, 0.1) is 10.9 Å². The van der Waals surface area contributed by atoms with Gasteiger partial charge in [-0.05, 0) is 81.0 Å². The fourth-order valence-electron chi connectivity index (χ4n) is 7.42. The number of rotatable bonds is 2. The molecule has 8 atom stereocenters. The number of carbonyl (C=O) groups is 2. The zero-order valence-electron chi connectivity index (χ0n) is 15.5. The van der Waals surface area contributed by atoms with Gasteiger partial charge >= 0.3 is 0 Å². The van der Waals surface area contributed by atoms with Gasteiger partial charge in [-0.3, -0.25) is 9.59 Å². The molecule has 0 aromatic rings. The number of carbonyl (C=O) groups excluding carboxylic acids is 2. The average molecular weight is 411 g/mol. The van der Waals surface area contributed by atoms with Gasteiger partial charge in [0.1, 0.15) is 11.6 Å². The van der Waals surface area contributed by atoms with E-state index in [1.54, 1.807) is 0 Å². The highest BCUT2D eigenvalue weighted by Crippen LogP contribution is 2.64. The first-order valence-electron chi connectivity index (χ1n) is 10.1. The van der Waals surface area contributed by atoms with Crippen molar-refractivity contribution in [2.75, 3.05) is 5.33 Å². The first-order chi connectivity index (χ1) is 11.8. The summed E-state index contributed by atoms with van der Waals surface area (Å²) in [6, 6.07) is 0. The Morgan fingerprint density at radius 3 is 2.56 bits per heavy atom. The smallest absolute Gasteiger partial charge is 0.147 e. The van der Waals surface area contributed by atoms with Gasteiger partial charge in [0, 0.05) is 18.3 Å². The predicted octanol–water partition coefficient (Wildman–Crippen LogP) is 4.15. The van der Waals surface area contributed by atoms with Crippen LogP contribution in [0.25, 0.3) is 0 Å². The maximum atomic E-state index is 13.0. The maximum absolute atomic E-state index is 13.0. The Morgan fingerprint density at radius 2 is 1.84 bits per heavy atom. The lowest BCUT2D eigenvalue weighted by Crippen LogP contribution is -2.53. The Kier molecular flexibility index (Phi) is 4.47. The van der Waals surface area contributed by atoms with E-state index in [2.05, 4.69) is 22.9 Å². The van der Waals surface area contributed by atoms with Gasteiger partial charge in [-0.15, -0.1) is 0 Å². The van der Waals surface area contributed by atoms with Gasteiger partial charge in [0.2, 0.25) is 0 Å². The molecule has 4 aliphatic rings. The molecule has 4 heteroatoms. The standard InChI is InChI=1S/C21H31BrO3/c1-20(25)7-5-13-12-6-8-21(2)16(3-4-17(21)19(24)11-22)14(12)9-18(23)15(13)10-20/h12-17,25H,3-11H2,1-2H3/t12-,13-,14-,15+,16+,17-,20-,21+/m1/s1. The Morgan fingerprint density at radius 1 is 1.12 bits per heavy atom. The molecule has 0 amide bonds. The number of fused-ring (bicyclic) bond motifs is 5. The molecule has 0 saturated heterocycles. The first-order valence-corrected chi connectivity index (χ1v) is 11.2. The van der Waals surface area contributed by atoms with Crippen molar-refractivity contribution in [3.63, 3.8) is 0 Å². The van der Waals surface area contributed by atoms with Gasteiger partial charge in [0.25, 0.3) is 0 Å². The van der Waals surface area contributed by atoms with Gasteiger partial charge in [-0.25, -0.2) is 0 Å². The van der Waals surface area contributed by atoms with E-state index < -0.39 is 5.60 Å². The van der Waals surface area contributed by atoms with Crippen LogP contribution in [0, 0.1) is 40.9 Å². The van der Waals surface area contributed by atoms with Crippen LogP contribution in [-0.2, 0) is 9.59 Å². The number of Topliss-reactive ketones (excluding diaryl/α,β-unsaturated/α-hetero) is 2. The molecule has 4 saturated carbocycles. The lowest BCUT2D eigenvalue weighted by Gasteiger charge is -2.56. The van der Waals surface area contributed by atoms with Crippen molar-refractivity contribution < 1.29 is 14.7 Å². The number of halogens is 1. The summed E-state index contributed by atoms with van der Waals surface area (Å²) >= 11 is 3.37. The van der Waals surface area contributed by atoms with Crippen molar-refractivity contribution in [1.29, 1.82) is 0 Å². The molecule has 0 unspecified atom stereocenters. The van der Waals surface area contributed by atoms with E-state index >= 15 is 0 Å². The van der Waals surface area contributed by atoms with Gasteiger partial charge in [-0.1, -0.05) is 22.9 Å². The summed E-state index contributed by atoms with van der Waals surface area (Å²) in [4.78, 5) is 25.4. The number of hydrogen-bond acceptors (Lipinski definition) is 3. The van der Waals surface area contributed by atoms with E-state index in [-0.39, 0.29) is 17.3 Å². The molecule has 3 nitrogen and oxygen atoms in total. The third kappa shape index (κ3) is 2.77. The molecule has 0 aromatic carbocycles. The molecule has 140 valence electrons. The minimum absolute atomic E-state index is 0.0794. The van der Waals surface area contributed by atoms with Crippen molar-refractivity contribution in [3.8, 4) is 0 Å². The van der Waals surface area contributed by atoms with E-state index in [1.165, 1.54) is 6.42 Å². The lowest BCUT2D eigenvalue weighted by atomic mass is 9.48. The van der Waals surface area contributed by atoms with Gasteiger partial charge in [-0.2, -0.15) is 0 Å². The number of alkyl halides is 1. The predicted molar refractivity (Wildman–Crippen MR) is 100 cm³/mol. The second kappa shape index (κ2) is 6.15. The van der Waals surface area contributed by atoms with Crippen molar-refractivity contribution in [2.45, 2.75) is 70.8 Å². The van der Waals surface area contributed by atoms with Crippen LogP contribution in [0.2, 0.25) is 0 Å². The molecule has 0 aliphatic heterocycles. The lowest BCUT2D eigenvalue weighted by molar-refractivity contribution is -0.149. The van der Waals surface area contributed by atoms with Crippen molar-refractivity contribution in [1.82, 2.24) is 0 Å². The summed E-state index contributed by atoms with van der Waals surface area (Å²) in [5, 5.41) is 10.9.